The van der Waals surface area contributed by atoms with E-state index in [0.717, 1.165) is 24.0 Å². The van der Waals surface area contributed by atoms with Crippen molar-refractivity contribution >= 4 is 5.96 Å². The minimum Gasteiger partial charge on any atom is -0.477 e. The standard InChI is InChI=1S/C16H26N4O/c1-16(2,3)20-15(17-4)19-10-13-7-8-14(18-9-13)21-11-12-5-6-12/h7-9,12H,5-6,10-11H2,1-4H3,(H2,17,19,20). The van der Waals surface area contributed by atoms with Gasteiger partial charge in [-0.15, -0.1) is 0 Å². The van der Waals surface area contributed by atoms with Crippen LogP contribution in [0.1, 0.15) is 39.2 Å². The predicted molar refractivity (Wildman–Crippen MR) is 85.5 cm³/mol. The van der Waals surface area contributed by atoms with Crippen LogP contribution in [0.25, 0.3) is 0 Å². The number of aliphatic imine (C=N–C) groups is 1. The molecule has 116 valence electrons. The van der Waals surface area contributed by atoms with Crippen LogP contribution in [0.4, 0.5) is 0 Å². The summed E-state index contributed by atoms with van der Waals surface area (Å²) in [4.78, 5) is 8.55. The summed E-state index contributed by atoms with van der Waals surface area (Å²) in [7, 11) is 1.77. The summed E-state index contributed by atoms with van der Waals surface area (Å²) in [6.45, 7) is 7.80. The van der Waals surface area contributed by atoms with E-state index < -0.39 is 0 Å². The van der Waals surface area contributed by atoms with E-state index in [-0.39, 0.29) is 5.54 Å². The Bertz CT molecular complexity index is 472. The molecule has 1 fully saturated rings. The number of nitrogens with zero attached hydrogens (tertiary/aromatic N) is 2. The van der Waals surface area contributed by atoms with Crippen molar-refractivity contribution in [2.75, 3.05) is 13.7 Å². The number of nitrogens with one attached hydrogen (secondary N) is 2. The van der Waals surface area contributed by atoms with Crippen LogP contribution in [0.15, 0.2) is 23.3 Å². The van der Waals surface area contributed by atoms with Crippen molar-refractivity contribution in [2.45, 2.75) is 45.7 Å². The number of pyridine rings is 1. The largest absolute Gasteiger partial charge is 0.477 e. The first-order chi connectivity index (χ1) is 9.96. The minimum atomic E-state index is -0.0133. The number of aromatic nitrogens is 1. The van der Waals surface area contributed by atoms with Crippen molar-refractivity contribution < 1.29 is 4.74 Å². The molecule has 2 rings (SSSR count). The summed E-state index contributed by atoms with van der Waals surface area (Å²) in [6.07, 6.45) is 4.43. The quantitative estimate of drug-likeness (QED) is 0.645. The van der Waals surface area contributed by atoms with Crippen molar-refractivity contribution in [3.63, 3.8) is 0 Å². The predicted octanol–water partition coefficient (Wildman–Crippen LogP) is 2.33. The molecule has 1 saturated carbocycles. The zero-order valence-corrected chi connectivity index (χ0v) is 13.4. The molecule has 5 heteroatoms. The van der Waals surface area contributed by atoms with Crippen molar-refractivity contribution in [3.8, 4) is 5.88 Å². The molecule has 1 aromatic rings. The molecule has 0 aliphatic heterocycles. The zero-order chi connectivity index (χ0) is 15.3. The molecule has 0 bridgehead atoms. The number of guanidine groups is 1. The van der Waals surface area contributed by atoms with E-state index in [9.17, 15) is 0 Å². The first-order valence-corrected chi connectivity index (χ1v) is 7.53. The fourth-order valence-corrected chi connectivity index (χ4v) is 1.81. The van der Waals surface area contributed by atoms with E-state index in [1.165, 1.54) is 12.8 Å². The number of rotatable bonds is 5. The van der Waals surface area contributed by atoms with Crippen LogP contribution in [-0.4, -0.2) is 30.1 Å². The SMILES string of the molecule is CN=C(NCc1ccc(OCC2CC2)nc1)NC(C)(C)C. The van der Waals surface area contributed by atoms with E-state index >= 15 is 0 Å². The Morgan fingerprint density at radius 3 is 2.67 bits per heavy atom. The lowest BCUT2D eigenvalue weighted by Crippen LogP contribution is -2.47. The summed E-state index contributed by atoms with van der Waals surface area (Å²) in [6, 6.07) is 3.96. The van der Waals surface area contributed by atoms with Crippen LogP contribution >= 0.6 is 0 Å². The number of hydrogen-bond donors (Lipinski definition) is 2. The number of hydrogen-bond acceptors (Lipinski definition) is 3. The molecule has 0 spiro atoms. The molecule has 0 aromatic carbocycles. The molecular formula is C16H26N4O. The minimum absolute atomic E-state index is 0.0133. The third-order valence-electron chi connectivity index (χ3n) is 3.14. The maximum Gasteiger partial charge on any atom is 0.213 e. The van der Waals surface area contributed by atoms with Gasteiger partial charge in [-0.25, -0.2) is 4.98 Å². The molecular weight excluding hydrogens is 264 g/mol. The Morgan fingerprint density at radius 2 is 2.14 bits per heavy atom. The fraction of sp³-hybridized carbons (Fsp3) is 0.625. The summed E-state index contributed by atoms with van der Waals surface area (Å²) in [5.41, 5.74) is 1.09. The van der Waals surface area contributed by atoms with Gasteiger partial charge in [-0.05, 0) is 45.1 Å². The van der Waals surface area contributed by atoms with Gasteiger partial charge in [0.05, 0.1) is 6.61 Å². The van der Waals surface area contributed by atoms with Crippen LogP contribution in [0.3, 0.4) is 0 Å². The second-order valence-corrected chi connectivity index (χ2v) is 6.56. The van der Waals surface area contributed by atoms with E-state index in [0.29, 0.717) is 12.4 Å². The molecule has 1 aliphatic carbocycles. The second-order valence-electron chi connectivity index (χ2n) is 6.56. The Hall–Kier alpha value is -1.78. The molecule has 21 heavy (non-hydrogen) atoms. The Kier molecular flexibility index (Phi) is 5.04. The van der Waals surface area contributed by atoms with Crippen LogP contribution in [0, 0.1) is 5.92 Å². The maximum atomic E-state index is 5.63. The summed E-state index contributed by atoms with van der Waals surface area (Å²) < 4.78 is 5.63. The monoisotopic (exact) mass is 290 g/mol. The average molecular weight is 290 g/mol. The lowest BCUT2D eigenvalue weighted by Gasteiger charge is -2.23. The smallest absolute Gasteiger partial charge is 0.213 e. The highest BCUT2D eigenvalue weighted by Crippen LogP contribution is 2.29. The topological polar surface area (TPSA) is 58.5 Å². The molecule has 5 nitrogen and oxygen atoms in total. The van der Waals surface area contributed by atoms with Gasteiger partial charge < -0.3 is 15.4 Å². The maximum absolute atomic E-state index is 5.63. The Balaban J connectivity index is 1.79. The second kappa shape index (κ2) is 6.78. The summed E-state index contributed by atoms with van der Waals surface area (Å²) in [5, 5.41) is 6.60. The van der Waals surface area contributed by atoms with Gasteiger partial charge in [-0.3, -0.25) is 4.99 Å². The van der Waals surface area contributed by atoms with Crippen LogP contribution < -0.4 is 15.4 Å². The van der Waals surface area contributed by atoms with Crippen LogP contribution in [0.2, 0.25) is 0 Å². The highest BCUT2D eigenvalue weighted by molar-refractivity contribution is 5.80. The first-order valence-electron chi connectivity index (χ1n) is 7.53. The normalized spacial score (nSPS) is 15.7. The van der Waals surface area contributed by atoms with Gasteiger partial charge in [0.2, 0.25) is 5.88 Å². The summed E-state index contributed by atoms with van der Waals surface area (Å²) >= 11 is 0. The molecule has 0 radical (unpaired) electrons. The molecule has 0 amide bonds. The highest BCUT2D eigenvalue weighted by Gasteiger charge is 2.22. The van der Waals surface area contributed by atoms with Crippen molar-refractivity contribution in [1.82, 2.24) is 15.6 Å². The number of ether oxygens (including phenoxy) is 1. The Labute approximate surface area is 127 Å². The fourth-order valence-electron chi connectivity index (χ4n) is 1.81. The zero-order valence-electron chi connectivity index (χ0n) is 13.4. The van der Waals surface area contributed by atoms with Gasteiger partial charge >= 0.3 is 0 Å². The van der Waals surface area contributed by atoms with Gasteiger partial charge in [0.25, 0.3) is 0 Å². The summed E-state index contributed by atoms with van der Waals surface area (Å²) in [5.74, 6) is 2.25. The van der Waals surface area contributed by atoms with E-state index in [2.05, 4.69) is 41.4 Å². The van der Waals surface area contributed by atoms with Gasteiger partial charge in [-0.1, -0.05) is 6.07 Å². The molecule has 1 aromatic heterocycles. The highest BCUT2D eigenvalue weighted by atomic mass is 16.5. The van der Waals surface area contributed by atoms with Crippen molar-refractivity contribution in [2.24, 2.45) is 10.9 Å². The third-order valence-corrected chi connectivity index (χ3v) is 3.14. The molecule has 1 aliphatic rings. The lowest BCUT2D eigenvalue weighted by molar-refractivity contribution is 0.288. The van der Waals surface area contributed by atoms with E-state index in [1.54, 1.807) is 7.05 Å². The van der Waals surface area contributed by atoms with Gasteiger partial charge in [0.15, 0.2) is 5.96 Å². The molecule has 0 saturated heterocycles. The first kappa shape index (κ1) is 15.6. The van der Waals surface area contributed by atoms with Gasteiger partial charge in [0, 0.05) is 31.4 Å². The van der Waals surface area contributed by atoms with Gasteiger partial charge in [0.1, 0.15) is 0 Å². The van der Waals surface area contributed by atoms with Crippen LogP contribution in [0.5, 0.6) is 5.88 Å². The van der Waals surface area contributed by atoms with E-state index in [1.807, 2.05) is 18.3 Å². The molecule has 0 unspecified atom stereocenters. The van der Waals surface area contributed by atoms with Crippen molar-refractivity contribution in [1.29, 1.82) is 0 Å². The molecule has 2 N–H and O–H groups in total. The van der Waals surface area contributed by atoms with Crippen LogP contribution in [-0.2, 0) is 6.54 Å². The van der Waals surface area contributed by atoms with Gasteiger partial charge in [-0.2, -0.15) is 0 Å². The lowest BCUT2D eigenvalue weighted by atomic mass is 10.1. The Morgan fingerprint density at radius 1 is 1.38 bits per heavy atom. The molecule has 0 atom stereocenters. The molecule has 1 heterocycles. The van der Waals surface area contributed by atoms with E-state index in [4.69, 9.17) is 4.74 Å². The van der Waals surface area contributed by atoms with Crippen molar-refractivity contribution in [3.05, 3.63) is 23.9 Å². The third kappa shape index (κ3) is 6.02. The average Bonchev–Trinajstić information content (AvgIpc) is 3.25.